The van der Waals surface area contributed by atoms with Gasteiger partial charge in [0.15, 0.2) is 5.78 Å². The van der Waals surface area contributed by atoms with Gasteiger partial charge >= 0.3 is 6.36 Å². The Morgan fingerprint density at radius 2 is 1.76 bits per heavy atom. The van der Waals surface area contributed by atoms with Crippen molar-refractivity contribution in [3.8, 4) is 5.75 Å². The Labute approximate surface area is 236 Å². The zero-order valence-electron chi connectivity index (χ0n) is 23.3. The van der Waals surface area contributed by atoms with E-state index in [-0.39, 0.29) is 35.2 Å². The quantitative estimate of drug-likeness (QED) is 0.171. The lowest BCUT2D eigenvalue weighted by atomic mass is 9.70. The third kappa shape index (κ3) is 7.07. The van der Waals surface area contributed by atoms with Gasteiger partial charge in [-0.15, -0.1) is 13.2 Å². The summed E-state index contributed by atoms with van der Waals surface area (Å²) in [5.41, 5.74) is 3.68. The molecule has 0 aliphatic heterocycles. The molecule has 5 nitrogen and oxygen atoms in total. The molecule has 2 atom stereocenters. The third-order valence-electron chi connectivity index (χ3n) is 7.64. The average Bonchev–Trinajstić information content (AvgIpc) is 3.24. The van der Waals surface area contributed by atoms with Gasteiger partial charge in [0, 0.05) is 23.7 Å². The monoisotopic (exact) mass is 567 g/mol. The van der Waals surface area contributed by atoms with E-state index >= 15 is 0 Å². The first-order chi connectivity index (χ1) is 19.3. The number of hydrogen-bond donors (Lipinski definition) is 1. The van der Waals surface area contributed by atoms with Crippen LogP contribution >= 0.6 is 0 Å². The fraction of sp³-hybridized carbons (Fsp3) is 0.375. The molecule has 1 heterocycles. The molecule has 4 aromatic rings. The van der Waals surface area contributed by atoms with Crippen LogP contribution in [0.1, 0.15) is 68.4 Å². The number of imidazole rings is 1. The molecule has 0 radical (unpaired) electrons. The second kappa shape index (κ2) is 11.2. The van der Waals surface area contributed by atoms with Gasteiger partial charge in [-0.25, -0.2) is 9.37 Å². The fourth-order valence-electron chi connectivity index (χ4n) is 6.14. The molecule has 0 saturated heterocycles. The second-order valence-electron chi connectivity index (χ2n) is 11.8. The third-order valence-corrected chi connectivity index (χ3v) is 7.64. The molecule has 1 N–H and O–H groups in total. The van der Waals surface area contributed by atoms with Gasteiger partial charge in [0.05, 0.1) is 11.0 Å². The minimum Gasteiger partial charge on any atom is -0.406 e. The van der Waals surface area contributed by atoms with Gasteiger partial charge in [0.1, 0.15) is 11.6 Å². The number of hydrogen-bond acceptors (Lipinski definition) is 4. The summed E-state index contributed by atoms with van der Waals surface area (Å²) >= 11 is 0. The first-order valence-electron chi connectivity index (χ1n) is 13.8. The molecule has 0 spiro atoms. The van der Waals surface area contributed by atoms with Crippen LogP contribution in [0.25, 0.3) is 11.0 Å². The number of fused-ring (bicyclic) bond motifs is 1. The number of ketones is 1. The maximum Gasteiger partial charge on any atom is 0.573 e. The van der Waals surface area contributed by atoms with E-state index in [0.29, 0.717) is 29.5 Å². The topological polar surface area (TPSA) is 56.1 Å². The van der Waals surface area contributed by atoms with E-state index in [1.165, 1.54) is 36.4 Å². The summed E-state index contributed by atoms with van der Waals surface area (Å²) in [6.07, 6.45) is -1.01. The molecule has 3 aromatic carbocycles. The lowest BCUT2D eigenvalue weighted by Gasteiger charge is -2.40. The van der Waals surface area contributed by atoms with Gasteiger partial charge in [-0.05, 0) is 97.2 Å². The van der Waals surface area contributed by atoms with Crippen LogP contribution in [0.15, 0.2) is 66.7 Å². The summed E-state index contributed by atoms with van der Waals surface area (Å²) in [4.78, 5) is 18.0. The number of carbonyl (C=O) groups excluding carboxylic acids is 1. The Kier molecular flexibility index (Phi) is 7.81. The fourth-order valence-corrected chi connectivity index (χ4v) is 6.14. The van der Waals surface area contributed by atoms with Crippen LogP contribution in [0.2, 0.25) is 0 Å². The molecule has 5 rings (SSSR count). The van der Waals surface area contributed by atoms with Crippen molar-refractivity contribution >= 4 is 28.5 Å². The number of benzene rings is 3. The lowest BCUT2D eigenvalue weighted by molar-refractivity contribution is -0.274. The number of anilines is 2. The molecule has 1 saturated carbocycles. The number of rotatable bonds is 8. The zero-order valence-corrected chi connectivity index (χ0v) is 23.3. The van der Waals surface area contributed by atoms with Crippen molar-refractivity contribution in [1.29, 1.82) is 0 Å². The van der Waals surface area contributed by atoms with Crippen LogP contribution in [0.3, 0.4) is 0 Å². The smallest absolute Gasteiger partial charge is 0.406 e. The number of carbonyl (C=O) groups is 1. The molecule has 0 unspecified atom stereocenters. The Hall–Kier alpha value is -3.88. The van der Waals surface area contributed by atoms with E-state index in [1.54, 1.807) is 18.2 Å². The van der Waals surface area contributed by atoms with Crippen molar-refractivity contribution < 1.29 is 27.1 Å². The number of aryl methyl sites for hydroxylation is 1. The van der Waals surface area contributed by atoms with Crippen molar-refractivity contribution in [2.45, 2.75) is 65.3 Å². The summed E-state index contributed by atoms with van der Waals surface area (Å²) in [6.45, 7) is 6.75. The van der Waals surface area contributed by atoms with Crippen molar-refractivity contribution in [3.63, 3.8) is 0 Å². The van der Waals surface area contributed by atoms with Crippen molar-refractivity contribution in [1.82, 2.24) is 9.55 Å². The molecule has 41 heavy (non-hydrogen) atoms. The van der Waals surface area contributed by atoms with E-state index in [4.69, 9.17) is 4.98 Å². The molecular formula is C32H33F4N3O2. The number of nitrogens with zero attached hydrogens (tertiary/aromatic N) is 2. The first-order valence-corrected chi connectivity index (χ1v) is 13.8. The first kappa shape index (κ1) is 28.6. The molecule has 1 aliphatic carbocycles. The van der Waals surface area contributed by atoms with Gasteiger partial charge in [0.25, 0.3) is 0 Å². The van der Waals surface area contributed by atoms with Crippen LogP contribution in [0.4, 0.5) is 29.2 Å². The number of halogens is 4. The molecule has 1 fully saturated rings. The summed E-state index contributed by atoms with van der Waals surface area (Å²) in [6, 6.07) is 17.3. The van der Waals surface area contributed by atoms with Gasteiger partial charge in [-0.1, -0.05) is 32.9 Å². The van der Waals surface area contributed by atoms with Crippen LogP contribution in [-0.4, -0.2) is 21.7 Å². The highest BCUT2D eigenvalue weighted by Crippen LogP contribution is 2.46. The SMILES string of the molecule is C[C@@H]1C[C@H](n2c(Nc3ccc(OC(F)(F)F)cc3)nc3ccc(C(=O)CCc4ccc(F)cc4)cc32)CC(C)(C)C1. The molecule has 216 valence electrons. The minimum absolute atomic E-state index is 0.0175. The highest BCUT2D eigenvalue weighted by molar-refractivity contribution is 5.99. The second-order valence-corrected chi connectivity index (χ2v) is 11.8. The van der Waals surface area contributed by atoms with Gasteiger partial charge in [-0.3, -0.25) is 4.79 Å². The van der Waals surface area contributed by atoms with Crippen LogP contribution in [0, 0.1) is 17.2 Å². The van der Waals surface area contributed by atoms with Gasteiger partial charge in [-0.2, -0.15) is 0 Å². The predicted molar refractivity (Wildman–Crippen MR) is 151 cm³/mol. The standard InChI is InChI=1S/C32H33F4N3O2/c1-20-16-25(19-31(2,3)18-20)39-28-17-22(29(40)15-6-21-4-8-23(33)9-5-21)7-14-27(28)38-30(39)37-24-10-12-26(13-11-24)41-32(34,35)36/h4-5,7-14,17,20,25H,6,15-16,18-19H2,1-3H3,(H,37,38)/t20-,25+/m1/s1. The Balaban J connectivity index is 1.47. The van der Waals surface area contributed by atoms with Crippen molar-refractivity contribution in [2.75, 3.05) is 5.32 Å². The maximum absolute atomic E-state index is 13.3. The Morgan fingerprint density at radius 1 is 1.05 bits per heavy atom. The molecule has 0 bridgehead atoms. The average molecular weight is 568 g/mol. The van der Waals surface area contributed by atoms with E-state index in [1.807, 2.05) is 12.1 Å². The number of Topliss-reactive ketones (excluding diaryl/α,β-unsaturated/α-hetero) is 1. The summed E-state index contributed by atoms with van der Waals surface area (Å²) in [7, 11) is 0. The summed E-state index contributed by atoms with van der Waals surface area (Å²) in [5.74, 6) is 0.414. The summed E-state index contributed by atoms with van der Waals surface area (Å²) < 4.78 is 57.2. The maximum atomic E-state index is 13.3. The predicted octanol–water partition coefficient (Wildman–Crippen LogP) is 9.02. The van der Waals surface area contributed by atoms with Crippen molar-refractivity contribution in [3.05, 3.63) is 83.7 Å². The normalized spacial score (nSPS) is 18.8. The minimum atomic E-state index is -4.76. The molecule has 1 aliphatic rings. The summed E-state index contributed by atoms with van der Waals surface area (Å²) in [5, 5.41) is 3.29. The van der Waals surface area contributed by atoms with E-state index in [0.717, 1.165) is 35.9 Å². The molecule has 0 amide bonds. The van der Waals surface area contributed by atoms with E-state index in [2.05, 4.69) is 35.4 Å². The Bertz CT molecular complexity index is 1530. The number of aromatic nitrogens is 2. The zero-order chi connectivity index (χ0) is 29.4. The molecule has 9 heteroatoms. The highest BCUT2D eigenvalue weighted by atomic mass is 19.4. The van der Waals surface area contributed by atoms with Crippen LogP contribution in [-0.2, 0) is 6.42 Å². The van der Waals surface area contributed by atoms with Gasteiger partial charge in [0.2, 0.25) is 5.95 Å². The molecule has 1 aromatic heterocycles. The lowest BCUT2D eigenvalue weighted by Crippen LogP contribution is -2.29. The Morgan fingerprint density at radius 3 is 2.41 bits per heavy atom. The van der Waals surface area contributed by atoms with E-state index in [9.17, 15) is 22.4 Å². The number of ether oxygens (including phenoxy) is 1. The van der Waals surface area contributed by atoms with Crippen LogP contribution < -0.4 is 10.1 Å². The largest absolute Gasteiger partial charge is 0.573 e. The van der Waals surface area contributed by atoms with E-state index < -0.39 is 6.36 Å². The number of alkyl halides is 3. The van der Waals surface area contributed by atoms with Crippen LogP contribution in [0.5, 0.6) is 5.75 Å². The molecular weight excluding hydrogens is 534 g/mol. The number of nitrogens with one attached hydrogen (secondary N) is 1. The highest BCUT2D eigenvalue weighted by Gasteiger charge is 2.35. The van der Waals surface area contributed by atoms with Crippen molar-refractivity contribution in [2.24, 2.45) is 11.3 Å². The van der Waals surface area contributed by atoms with Gasteiger partial charge < -0.3 is 14.6 Å².